The van der Waals surface area contributed by atoms with E-state index in [2.05, 4.69) is 19.2 Å². The summed E-state index contributed by atoms with van der Waals surface area (Å²) in [6.07, 6.45) is 0. The monoisotopic (exact) mass is 439 g/mol. The number of methoxy groups -OCH3 is 2. The third-order valence-corrected chi connectivity index (χ3v) is 5.16. The van der Waals surface area contributed by atoms with Gasteiger partial charge < -0.3 is 19.5 Å². The van der Waals surface area contributed by atoms with Gasteiger partial charge in [0.05, 0.1) is 19.9 Å². The molecule has 1 amide bonds. The maximum absolute atomic E-state index is 13.2. The average molecular weight is 440 g/mol. The first kappa shape index (κ1) is 22.5. The van der Waals surface area contributed by atoms with Gasteiger partial charge in [-0.15, -0.1) is 0 Å². The number of carbonyl (C=O) groups excluding carboxylic acids is 1. The summed E-state index contributed by atoms with van der Waals surface area (Å²) in [6, 6.07) is 16.1. The number of anilines is 1. The zero-order valence-corrected chi connectivity index (χ0v) is 19.0. The number of carbonyl (C=O) groups is 1. The van der Waals surface area contributed by atoms with Crippen LogP contribution in [-0.4, -0.2) is 20.1 Å². The molecule has 31 heavy (non-hydrogen) atoms. The Morgan fingerprint density at radius 2 is 1.58 bits per heavy atom. The fourth-order valence-electron chi connectivity index (χ4n) is 3.27. The number of hydrogen-bond acceptors (Lipinski definition) is 4. The minimum Gasteiger partial charge on any atom is -0.496 e. The van der Waals surface area contributed by atoms with E-state index in [4.69, 9.17) is 25.8 Å². The summed E-state index contributed by atoms with van der Waals surface area (Å²) in [7, 11) is 3.21. The molecule has 0 saturated heterocycles. The third kappa shape index (κ3) is 5.12. The third-order valence-electron chi connectivity index (χ3n) is 4.92. The van der Waals surface area contributed by atoms with E-state index >= 15 is 0 Å². The highest BCUT2D eigenvalue weighted by atomic mass is 35.5. The summed E-state index contributed by atoms with van der Waals surface area (Å²) >= 11 is 6.20. The van der Waals surface area contributed by atoms with Gasteiger partial charge >= 0.3 is 0 Å². The lowest BCUT2D eigenvalue weighted by Gasteiger charge is -2.17. The Morgan fingerprint density at radius 3 is 2.23 bits per heavy atom. The molecule has 0 atom stereocenters. The summed E-state index contributed by atoms with van der Waals surface area (Å²) in [4.78, 5) is 13.2. The second-order valence-electron chi connectivity index (χ2n) is 7.41. The molecule has 0 bridgehead atoms. The molecule has 0 radical (unpaired) electrons. The summed E-state index contributed by atoms with van der Waals surface area (Å²) < 4.78 is 16.9. The lowest BCUT2D eigenvalue weighted by Crippen LogP contribution is -2.15. The normalized spacial score (nSPS) is 10.7. The molecule has 0 aliphatic carbocycles. The number of ether oxygens (including phenoxy) is 3. The Balaban J connectivity index is 1.95. The van der Waals surface area contributed by atoms with Gasteiger partial charge in [0.2, 0.25) is 0 Å². The van der Waals surface area contributed by atoms with Gasteiger partial charge in [0.25, 0.3) is 5.91 Å². The zero-order chi connectivity index (χ0) is 22.5. The predicted octanol–water partition coefficient (Wildman–Crippen LogP) is 6.83. The molecular formula is C25H26ClNO4. The Bertz CT molecular complexity index is 1090. The molecule has 6 heteroatoms. The minimum atomic E-state index is -0.255. The van der Waals surface area contributed by atoms with Crippen LogP contribution in [0.3, 0.4) is 0 Å². The standard InChI is InChI=1S/C25H26ClNO4/c1-15(2)18-14-19(16(3)12-24(18)30-5)25(28)27-20-13-17(26)10-11-21(20)31-23-9-7-6-8-22(23)29-4/h6-15H,1-5H3,(H,27,28). The molecule has 0 aliphatic rings. The maximum Gasteiger partial charge on any atom is 0.256 e. The van der Waals surface area contributed by atoms with Gasteiger partial charge in [0, 0.05) is 10.6 Å². The highest BCUT2D eigenvalue weighted by Crippen LogP contribution is 2.37. The molecule has 0 heterocycles. The van der Waals surface area contributed by atoms with Crippen molar-refractivity contribution in [1.29, 1.82) is 0 Å². The Kier molecular flexibility index (Phi) is 7.08. The average Bonchev–Trinajstić information content (AvgIpc) is 2.75. The number of amides is 1. The summed E-state index contributed by atoms with van der Waals surface area (Å²) in [6.45, 7) is 6.00. The number of para-hydroxylation sites is 2. The highest BCUT2D eigenvalue weighted by molar-refractivity contribution is 6.31. The molecule has 162 valence electrons. The van der Waals surface area contributed by atoms with E-state index in [0.29, 0.717) is 33.5 Å². The maximum atomic E-state index is 13.2. The number of rotatable bonds is 7. The number of aryl methyl sites for hydroxylation is 1. The van der Waals surface area contributed by atoms with Gasteiger partial charge in [-0.05, 0) is 66.4 Å². The van der Waals surface area contributed by atoms with Crippen molar-refractivity contribution in [2.24, 2.45) is 0 Å². The lowest BCUT2D eigenvalue weighted by atomic mass is 9.96. The lowest BCUT2D eigenvalue weighted by molar-refractivity contribution is 0.102. The van der Waals surface area contributed by atoms with Crippen LogP contribution in [0.1, 0.15) is 41.3 Å². The van der Waals surface area contributed by atoms with Crippen LogP contribution in [0, 0.1) is 6.92 Å². The van der Waals surface area contributed by atoms with Crippen LogP contribution in [0.5, 0.6) is 23.0 Å². The fraction of sp³-hybridized carbons (Fsp3) is 0.240. The Hall–Kier alpha value is -3.18. The topological polar surface area (TPSA) is 56.8 Å². The van der Waals surface area contributed by atoms with Crippen molar-refractivity contribution in [1.82, 2.24) is 0 Å². The van der Waals surface area contributed by atoms with E-state index in [0.717, 1.165) is 16.9 Å². The van der Waals surface area contributed by atoms with Crippen molar-refractivity contribution in [2.45, 2.75) is 26.7 Å². The van der Waals surface area contributed by atoms with E-state index < -0.39 is 0 Å². The summed E-state index contributed by atoms with van der Waals surface area (Å²) in [5, 5.41) is 3.42. The van der Waals surface area contributed by atoms with Crippen molar-refractivity contribution < 1.29 is 19.0 Å². The van der Waals surface area contributed by atoms with Crippen LogP contribution in [-0.2, 0) is 0 Å². The number of benzene rings is 3. The molecule has 5 nitrogen and oxygen atoms in total. The van der Waals surface area contributed by atoms with Gasteiger partial charge in [0.1, 0.15) is 5.75 Å². The van der Waals surface area contributed by atoms with Crippen molar-refractivity contribution in [3.63, 3.8) is 0 Å². The molecular weight excluding hydrogens is 414 g/mol. The van der Waals surface area contributed by atoms with E-state index in [9.17, 15) is 4.79 Å². The molecule has 3 aromatic rings. The summed E-state index contributed by atoms with van der Waals surface area (Å²) in [5.41, 5.74) is 2.81. The van der Waals surface area contributed by atoms with E-state index in [1.165, 1.54) is 0 Å². The van der Waals surface area contributed by atoms with Crippen LogP contribution in [0.15, 0.2) is 54.6 Å². The molecule has 0 spiro atoms. The second-order valence-corrected chi connectivity index (χ2v) is 7.85. The fourth-order valence-corrected chi connectivity index (χ4v) is 3.44. The molecule has 0 saturated carbocycles. The first-order valence-corrected chi connectivity index (χ1v) is 10.3. The van der Waals surface area contributed by atoms with Crippen LogP contribution in [0.25, 0.3) is 0 Å². The van der Waals surface area contributed by atoms with Crippen LogP contribution < -0.4 is 19.5 Å². The quantitative estimate of drug-likeness (QED) is 0.438. The molecule has 0 fully saturated rings. The summed E-state index contributed by atoms with van der Waals surface area (Å²) in [5.74, 6) is 2.30. The molecule has 0 unspecified atom stereocenters. The Morgan fingerprint density at radius 1 is 0.903 bits per heavy atom. The number of hydrogen-bond donors (Lipinski definition) is 1. The van der Waals surface area contributed by atoms with Crippen molar-refractivity contribution in [2.75, 3.05) is 19.5 Å². The zero-order valence-electron chi connectivity index (χ0n) is 18.3. The first-order valence-electron chi connectivity index (χ1n) is 9.94. The van der Waals surface area contributed by atoms with Crippen LogP contribution >= 0.6 is 11.6 Å². The van der Waals surface area contributed by atoms with E-state index in [1.54, 1.807) is 44.6 Å². The Labute approximate surface area is 187 Å². The van der Waals surface area contributed by atoms with Gasteiger partial charge in [0.15, 0.2) is 17.2 Å². The van der Waals surface area contributed by atoms with Gasteiger partial charge in [-0.1, -0.05) is 37.6 Å². The molecule has 0 aliphatic heterocycles. The molecule has 0 aromatic heterocycles. The molecule has 3 rings (SSSR count). The van der Waals surface area contributed by atoms with Crippen molar-refractivity contribution in [3.05, 3.63) is 76.3 Å². The predicted molar refractivity (Wildman–Crippen MR) is 124 cm³/mol. The molecule has 3 aromatic carbocycles. The van der Waals surface area contributed by atoms with Crippen molar-refractivity contribution in [3.8, 4) is 23.0 Å². The van der Waals surface area contributed by atoms with E-state index in [1.807, 2.05) is 31.2 Å². The SMILES string of the molecule is COc1ccccc1Oc1ccc(Cl)cc1NC(=O)c1cc(C(C)C)c(OC)cc1C. The highest BCUT2D eigenvalue weighted by Gasteiger charge is 2.18. The van der Waals surface area contributed by atoms with E-state index in [-0.39, 0.29) is 11.8 Å². The number of halogens is 1. The van der Waals surface area contributed by atoms with Crippen LogP contribution in [0.4, 0.5) is 5.69 Å². The molecule has 1 N–H and O–H groups in total. The first-order chi connectivity index (χ1) is 14.8. The van der Waals surface area contributed by atoms with Gasteiger partial charge in [-0.25, -0.2) is 0 Å². The largest absolute Gasteiger partial charge is 0.496 e. The number of nitrogens with one attached hydrogen (secondary N) is 1. The minimum absolute atomic E-state index is 0.206. The van der Waals surface area contributed by atoms with Gasteiger partial charge in [-0.3, -0.25) is 4.79 Å². The van der Waals surface area contributed by atoms with Crippen molar-refractivity contribution >= 4 is 23.2 Å². The van der Waals surface area contributed by atoms with Crippen LogP contribution in [0.2, 0.25) is 5.02 Å². The second kappa shape index (κ2) is 9.75. The smallest absolute Gasteiger partial charge is 0.256 e. The van der Waals surface area contributed by atoms with Gasteiger partial charge in [-0.2, -0.15) is 0 Å².